The van der Waals surface area contributed by atoms with Crippen LogP contribution in [0.25, 0.3) is 17.0 Å². The average Bonchev–Trinajstić information content (AvgIpc) is 2.71. The fraction of sp³-hybridized carbons (Fsp3) is 0.0952. The van der Waals surface area contributed by atoms with Crippen molar-refractivity contribution in [3.05, 3.63) is 78.5 Å². The first-order valence-electron chi connectivity index (χ1n) is 8.46. The predicted octanol–water partition coefficient (Wildman–Crippen LogP) is 2.36. The van der Waals surface area contributed by atoms with Crippen molar-refractivity contribution in [3.8, 4) is 0 Å². The number of amides is 2. The van der Waals surface area contributed by atoms with Gasteiger partial charge in [-0.05, 0) is 35.9 Å². The highest BCUT2D eigenvalue weighted by atomic mass is 16.3. The number of aromatic nitrogens is 1. The zero-order valence-electron chi connectivity index (χ0n) is 14.5. The van der Waals surface area contributed by atoms with E-state index < -0.39 is 24.5 Å². The summed E-state index contributed by atoms with van der Waals surface area (Å²) in [6.07, 6.45) is 4.66. The van der Waals surface area contributed by atoms with Gasteiger partial charge in [-0.1, -0.05) is 36.4 Å². The van der Waals surface area contributed by atoms with Crippen LogP contribution in [-0.4, -0.2) is 34.6 Å². The number of aliphatic hydroxyl groups excluding tert-OH is 1. The molecule has 1 aromatic heterocycles. The number of hydrogen-bond acceptors (Lipinski definition) is 4. The second kappa shape index (κ2) is 8.73. The van der Waals surface area contributed by atoms with Crippen LogP contribution in [0.1, 0.15) is 5.56 Å². The van der Waals surface area contributed by atoms with E-state index in [1.807, 2.05) is 42.5 Å². The fourth-order valence-corrected chi connectivity index (χ4v) is 2.53. The number of rotatable bonds is 6. The minimum Gasteiger partial charge on any atom is -0.394 e. The Morgan fingerprint density at radius 3 is 2.67 bits per heavy atom. The van der Waals surface area contributed by atoms with E-state index in [0.717, 1.165) is 16.5 Å². The van der Waals surface area contributed by atoms with Crippen molar-refractivity contribution >= 4 is 34.5 Å². The average molecular weight is 361 g/mol. The maximum atomic E-state index is 12.4. The molecule has 136 valence electrons. The molecule has 3 aromatic rings. The molecule has 3 rings (SSSR count). The highest BCUT2D eigenvalue weighted by Crippen LogP contribution is 2.17. The normalized spacial score (nSPS) is 12.0. The molecule has 0 saturated heterocycles. The Labute approximate surface area is 156 Å². The SMILES string of the molecule is O=C(C=Cc1ccccc1)N[C@@H](CO)C(=O)Nc1ccc2ncccc2c1. The third kappa shape index (κ3) is 4.99. The van der Waals surface area contributed by atoms with Crippen molar-refractivity contribution in [2.75, 3.05) is 11.9 Å². The van der Waals surface area contributed by atoms with Crippen molar-refractivity contribution in [2.45, 2.75) is 6.04 Å². The van der Waals surface area contributed by atoms with E-state index >= 15 is 0 Å². The van der Waals surface area contributed by atoms with Gasteiger partial charge in [-0.15, -0.1) is 0 Å². The summed E-state index contributed by atoms with van der Waals surface area (Å²) in [5.41, 5.74) is 2.24. The highest BCUT2D eigenvalue weighted by molar-refractivity contribution is 6.01. The number of carbonyl (C=O) groups excluding carboxylic acids is 2. The zero-order valence-corrected chi connectivity index (χ0v) is 14.5. The third-order valence-electron chi connectivity index (χ3n) is 3.91. The van der Waals surface area contributed by atoms with Gasteiger partial charge in [0.05, 0.1) is 12.1 Å². The number of nitrogens with one attached hydrogen (secondary N) is 2. The van der Waals surface area contributed by atoms with Gasteiger partial charge in [0.1, 0.15) is 6.04 Å². The number of hydrogen-bond donors (Lipinski definition) is 3. The first-order chi connectivity index (χ1) is 13.2. The van der Waals surface area contributed by atoms with Gasteiger partial charge >= 0.3 is 0 Å². The van der Waals surface area contributed by atoms with Crippen molar-refractivity contribution in [1.82, 2.24) is 10.3 Å². The molecule has 0 radical (unpaired) electrons. The third-order valence-corrected chi connectivity index (χ3v) is 3.91. The molecule has 0 aliphatic carbocycles. The fourth-order valence-electron chi connectivity index (χ4n) is 2.53. The van der Waals surface area contributed by atoms with E-state index in [0.29, 0.717) is 5.69 Å². The van der Waals surface area contributed by atoms with E-state index in [2.05, 4.69) is 15.6 Å². The minimum atomic E-state index is -1.05. The summed E-state index contributed by atoms with van der Waals surface area (Å²) in [5.74, 6) is -0.960. The minimum absolute atomic E-state index is 0.462. The molecule has 0 bridgehead atoms. The molecule has 0 aliphatic heterocycles. The lowest BCUT2D eigenvalue weighted by Gasteiger charge is -2.15. The Bertz CT molecular complexity index is 971. The summed E-state index contributed by atoms with van der Waals surface area (Å²) in [7, 11) is 0. The molecule has 0 aliphatic rings. The van der Waals surface area contributed by atoms with E-state index in [-0.39, 0.29) is 0 Å². The lowest BCUT2D eigenvalue weighted by Crippen LogP contribution is -2.45. The first kappa shape index (κ1) is 18.3. The van der Waals surface area contributed by atoms with Crippen LogP contribution in [0.2, 0.25) is 0 Å². The van der Waals surface area contributed by atoms with E-state index in [1.165, 1.54) is 6.08 Å². The molecular weight excluding hydrogens is 342 g/mol. The molecule has 1 atom stereocenters. The molecule has 0 spiro atoms. The van der Waals surface area contributed by atoms with Crippen LogP contribution in [0, 0.1) is 0 Å². The monoisotopic (exact) mass is 361 g/mol. The maximum absolute atomic E-state index is 12.4. The standard InChI is InChI=1S/C21H19N3O3/c25-14-19(24-20(26)11-8-15-5-2-1-3-6-15)21(27)23-17-9-10-18-16(13-17)7-4-12-22-18/h1-13,19,25H,14H2,(H,23,27)(H,24,26)/t19-/m0/s1. The number of fused-ring (bicyclic) bond motifs is 1. The largest absolute Gasteiger partial charge is 0.394 e. The van der Waals surface area contributed by atoms with Gasteiger partial charge in [0.25, 0.3) is 0 Å². The lowest BCUT2D eigenvalue weighted by atomic mass is 10.2. The molecule has 1 heterocycles. The van der Waals surface area contributed by atoms with Gasteiger partial charge in [-0.3, -0.25) is 14.6 Å². The van der Waals surface area contributed by atoms with Crippen molar-refractivity contribution in [1.29, 1.82) is 0 Å². The topological polar surface area (TPSA) is 91.3 Å². The summed E-state index contributed by atoms with van der Waals surface area (Å²) in [4.78, 5) is 28.6. The molecular formula is C21H19N3O3. The summed E-state index contributed by atoms with van der Waals surface area (Å²) in [6, 6.07) is 17.3. The molecule has 6 heteroatoms. The molecule has 0 unspecified atom stereocenters. The number of nitrogens with zero attached hydrogens (tertiary/aromatic N) is 1. The molecule has 0 saturated carbocycles. The lowest BCUT2D eigenvalue weighted by molar-refractivity contribution is -0.124. The Hall–Kier alpha value is -3.51. The summed E-state index contributed by atoms with van der Waals surface area (Å²) < 4.78 is 0. The second-order valence-corrected chi connectivity index (χ2v) is 5.89. The summed E-state index contributed by atoms with van der Waals surface area (Å²) in [5, 5.41) is 15.5. The molecule has 2 amide bonds. The van der Waals surface area contributed by atoms with E-state index in [1.54, 1.807) is 30.5 Å². The van der Waals surface area contributed by atoms with Crippen LogP contribution in [-0.2, 0) is 9.59 Å². The van der Waals surface area contributed by atoms with Gasteiger partial charge in [0.2, 0.25) is 11.8 Å². The van der Waals surface area contributed by atoms with E-state index in [9.17, 15) is 14.7 Å². The van der Waals surface area contributed by atoms with Crippen molar-refractivity contribution in [2.24, 2.45) is 0 Å². The molecule has 2 aromatic carbocycles. The molecule has 27 heavy (non-hydrogen) atoms. The Morgan fingerprint density at radius 1 is 1.07 bits per heavy atom. The quantitative estimate of drug-likeness (QED) is 0.588. The first-order valence-corrected chi connectivity index (χ1v) is 8.46. The van der Waals surface area contributed by atoms with Gasteiger partial charge in [0.15, 0.2) is 0 Å². The van der Waals surface area contributed by atoms with Gasteiger partial charge in [-0.25, -0.2) is 0 Å². The maximum Gasteiger partial charge on any atom is 0.249 e. The Kier molecular flexibility index (Phi) is 5.91. The predicted molar refractivity (Wildman–Crippen MR) is 105 cm³/mol. The van der Waals surface area contributed by atoms with Gasteiger partial charge < -0.3 is 15.7 Å². The van der Waals surface area contributed by atoms with Crippen molar-refractivity contribution < 1.29 is 14.7 Å². The zero-order chi connectivity index (χ0) is 19.1. The summed E-state index contributed by atoms with van der Waals surface area (Å²) in [6.45, 7) is -0.508. The molecule has 6 nitrogen and oxygen atoms in total. The van der Waals surface area contributed by atoms with Crippen LogP contribution >= 0.6 is 0 Å². The Balaban J connectivity index is 1.62. The number of anilines is 1. The second-order valence-electron chi connectivity index (χ2n) is 5.89. The van der Waals surface area contributed by atoms with Gasteiger partial charge in [0, 0.05) is 23.3 Å². The smallest absolute Gasteiger partial charge is 0.249 e. The van der Waals surface area contributed by atoms with E-state index in [4.69, 9.17) is 0 Å². The summed E-state index contributed by atoms with van der Waals surface area (Å²) >= 11 is 0. The van der Waals surface area contributed by atoms with Crippen LogP contribution in [0.5, 0.6) is 0 Å². The number of aliphatic hydroxyl groups is 1. The van der Waals surface area contributed by atoms with Crippen molar-refractivity contribution in [3.63, 3.8) is 0 Å². The molecule has 0 fully saturated rings. The molecule has 3 N–H and O–H groups in total. The van der Waals surface area contributed by atoms with Crippen LogP contribution in [0.3, 0.4) is 0 Å². The van der Waals surface area contributed by atoms with Crippen LogP contribution in [0.4, 0.5) is 5.69 Å². The van der Waals surface area contributed by atoms with Gasteiger partial charge in [-0.2, -0.15) is 0 Å². The number of carbonyl (C=O) groups is 2. The van der Waals surface area contributed by atoms with Crippen LogP contribution < -0.4 is 10.6 Å². The Morgan fingerprint density at radius 2 is 1.89 bits per heavy atom. The number of pyridine rings is 1. The number of benzene rings is 2. The van der Waals surface area contributed by atoms with Crippen LogP contribution in [0.15, 0.2) is 72.9 Å². The highest BCUT2D eigenvalue weighted by Gasteiger charge is 2.19.